The van der Waals surface area contributed by atoms with Gasteiger partial charge in [-0.3, -0.25) is 14.0 Å². The van der Waals surface area contributed by atoms with Gasteiger partial charge in [-0.2, -0.15) is 0 Å². The molecule has 0 aliphatic carbocycles. The van der Waals surface area contributed by atoms with Gasteiger partial charge >= 0.3 is 0 Å². The van der Waals surface area contributed by atoms with Crippen LogP contribution < -0.4 is 5.56 Å². The normalized spacial score (nSPS) is 10.7. The summed E-state index contributed by atoms with van der Waals surface area (Å²) in [6.45, 7) is 4.16. The third kappa shape index (κ3) is 3.95. The third-order valence-electron chi connectivity index (χ3n) is 4.78. The number of aromatic nitrogens is 4. The van der Waals surface area contributed by atoms with Gasteiger partial charge in [-0.05, 0) is 31.5 Å². The molecule has 0 amide bonds. The SMILES string of the molecule is Cc1nc2n(Cc3ccc(C(=O)c4ccc(Cl)nc4)cc3)ccn2c(=O)c1C.Cl. The van der Waals surface area contributed by atoms with E-state index in [1.165, 1.54) is 6.20 Å². The molecule has 4 rings (SSSR count). The van der Waals surface area contributed by atoms with Gasteiger partial charge in [0, 0.05) is 41.0 Å². The van der Waals surface area contributed by atoms with E-state index in [4.69, 9.17) is 11.6 Å². The maximum Gasteiger partial charge on any atom is 0.262 e. The molecule has 0 aliphatic heterocycles. The zero-order chi connectivity index (χ0) is 19.8. The first-order chi connectivity index (χ1) is 13.4. The van der Waals surface area contributed by atoms with Crippen molar-refractivity contribution in [3.05, 3.63) is 98.4 Å². The maximum absolute atomic E-state index is 12.5. The Morgan fingerprint density at radius 1 is 1.03 bits per heavy atom. The van der Waals surface area contributed by atoms with Crippen LogP contribution in [0.3, 0.4) is 0 Å². The number of benzene rings is 1. The summed E-state index contributed by atoms with van der Waals surface area (Å²) in [4.78, 5) is 33.4. The van der Waals surface area contributed by atoms with E-state index in [1.807, 2.05) is 29.8 Å². The van der Waals surface area contributed by atoms with Crippen molar-refractivity contribution >= 4 is 35.6 Å². The minimum absolute atomic E-state index is 0. The van der Waals surface area contributed by atoms with E-state index in [1.54, 1.807) is 41.8 Å². The molecule has 0 unspecified atom stereocenters. The van der Waals surface area contributed by atoms with Crippen LogP contribution in [0.5, 0.6) is 0 Å². The number of fused-ring (bicyclic) bond motifs is 1. The summed E-state index contributed by atoms with van der Waals surface area (Å²) in [7, 11) is 0. The fourth-order valence-electron chi connectivity index (χ4n) is 3.02. The summed E-state index contributed by atoms with van der Waals surface area (Å²) >= 11 is 5.77. The Hall–Kier alpha value is -2.96. The smallest absolute Gasteiger partial charge is 0.262 e. The largest absolute Gasteiger partial charge is 0.312 e. The molecule has 148 valence electrons. The van der Waals surface area contributed by atoms with Gasteiger partial charge in [-0.15, -0.1) is 12.4 Å². The molecule has 0 spiro atoms. The molecule has 0 N–H and O–H groups in total. The highest BCUT2D eigenvalue weighted by Gasteiger charge is 2.12. The molecule has 4 aromatic rings. The van der Waals surface area contributed by atoms with Gasteiger partial charge in [0.05, 0.1) is 6.54 Å². The molecule has 0 bridgehead atoms. The molecule has 6 nitrogen and oxygen atoms in total. The summed E-state index contributed by atoms with van der Waals surface area (Å²) in [5, 5.41) is 0.351. The first-order valence-corrected chi connectivity index (χ1v) is 9.12. The van der Waals surface area contributed by atoms with Gasteiger partial charge in [-0.1, -0.05) is 35.9 Å². The van der Waals surface area contributed by atoms with Crippen LogP contribution in [-0.4, -0.2) is 24.7 Å². The van der Waals surface area contributed by atoms with Crippen molar-refractivity contribution in [3.63, 3.8) is 0 Å². The molecule has 0 saturated heterocycles. The van der Waals surface area contributed by atoms with E-state index in [0.717, 1.165) is 11.3 Å². The van der Waals surface area contributed by atoms with Gasteiger partial charge in [0.1, 0.15) is 5.15 Å². The van der Waals surface area contributed by atoms with E-state index in [2.05, 4.69) is 9.97 Å². The minimum atomic E-state index is -0.110. The molecule has 3 heterocycles. The molecule has 0 radical (unpaired) electrons. The van der Waals surface area contributed by atoms with Crippen molar-refractivity contribution in [1.82, 2.24) is 18.9 Å². The van der Waals surface area contributed by atoms with Crippen molar-refractivity contribution in [2.45, 2.75) is 20.4 Å². The van der Waals surface area contributed by atoms with E-state index in [9.17, 15) is 9.59 Å². The number of aryl methyl sites for hydroxylation is 1. The topological polar surface area (TPSA) is 69.3 Å². The average molecular weight is 429 g/mol. The number of pyridine rings is 1. The van der Waals surface area contributed by atoms with Gasteiger partial charge in [-0.25, -0.2) is 9.97 Å². The van der Waals surface area contributed by atoms with Crippen LogP contribution >= 0.6 is 24.0 Å². The van der Waals surface area contributed by atoms with Crippen LogP contribution in [0.15, 0.2) is 59.8 Å². The molecule has 0 aliphatic rings. The van der Waals surface area contributed by atoms with Gasteiger partial charge < -0.3 is 4.57 Å². The highest BCUT2D eigenvalue weighted by atomic mass is 35.5. The van der Waals surface area contributed by atoms with E-state index in [0.29, 0.717) is 34.2 Å². The van der Waals surface area contributed by atoms with Crippen LogP contribution in [-0.2, 0) is 6.54 Å². The second-order valence-corrected chi connectivity index (χ2v) is 7.01. The number of nitrogens with zero attached hydrogens (tertiary/aromatic N) is 4. The predicted octanol–water partition coefficient (Wildman–Crippen LogP) is 3.86. The van der Waals surface area contributed by atoms with Crippen LogP contribution in [0.2, 0.25) is 5.15 Å². The number of imidazole rings is 1. The highest BCUT2D eigenvalue weighted by Crippen LogP contribution is 2.14. The van der Waals surface area contributed by atoms with Crippen LogP contribution in [0, 0.1) is 13.8 Å². The molecule has 1 aromatic carbocycles. The van der Waals surface area contributed by atoms with Crippen LogP contribution in [0.4, 0.5) is 0 Å². The summed E-state index contributed by atoms with van der Waals surface area (Å²) < 4.78 is 3.46. The fraction of sp³-hybridized carbons (Fsp3) is 0.143. The monoisotopic (exact) mass is 428 g/mol. The van der Waals surface area contributed by atoms with Crippen molar-refractivity contribution in [3.8, 4) is 0 Å². The second-order valence-electron chi connectivity index (χ2n) is 6.62. The Bertz CT molecular complexity index is 1240. The fourth-order valence-corrected chi connectivity index (χ4v) is 3.13. The van der Waals surface area contributed by atoms with Crippen molar-refractivity contribution in [1.29, 1.82) is 0 Å². The molecule has 0 saturated carbocycles. The van der Waals surface area contributed by atoms with Crippen molar-refractivity contribution in [2.24, 2.45) is 0 Å². The number of hydrogen-bond donors (Lipinski definition) is 0. The zero-order valence-electron chi connectivity index (χ0n) is 15.8. The first kappa shape index (κ1) is 20.8. The summed E-state index contributed by atoms with van der Waals surface area (Å²) in [5.41, 5.74) is 3.38. The predicted molar refractivity (Wildman–Crippen MR) is 114 cm³/mol. The molecular formula is C21H18Cl2N4O2. The van der Waals surface area contributed by atoms with Gasteiger partial charge in [0.25, 0.3) is 5.56 Å². The summed E-state index contributed by atoms with van der Waals surface area (Å²) in [5.74, 6) is 0.488. The first-order valence-electron chi connectivity index (χ1n) is 8.74. The van der Waals surface area contributed by atoms with Crippen LogP contribution in [0.1, 0.15) is 32.7 Å². The van der Waals surface area contributed by atoms with E-state index < -0.39 is 0 Å². The lowest BCUT2D eigenvalue weighted by Crippen LogP contribution is -2.19. The lowest BCUT2D eigenvalue weighted by atomic mass is 10.0. The lowest BCUT2D eigenvalue weighted by Gasteiger charge is -2.07. The Morgan fingerprint density at radius 2 is 1.72 bits per heavy atom. The van der Waals surface area contributed by atoms with E-state index >= 15 is 0 Å². The summed E-state index contributed by atoms with van der Waals surface area (Å²) in [6, 6.07) is 10.6. The Balaban J connectivity index is 0.00000240. The third-order valence-corrected chi connectivity index (χ3v) is 5.00. The second kappa shape index (κ2) is 8.19. The lowest BCUT2D eigenvalue weighted by molar-refractivity contribution is 0.103. The van der Waals surface area contributed by atoms with Crippen molar-refractivity contribution < 1.29 is 4.79 Å². The number of ketones is 1. The highest BCUT2D eigenvalue weighted by molar-refractivity contribution is 6.29. The van der Waals surface area contributed by atoms with Crippen LogP contribution in [0.25, 0.3) is 5.78 Å². The molecule has 0 fully saturated rings. The quantitative estimate of drug-likeness (QED) is 0.365. The summed E-state index contributed by atoms with van der Waals surface area (Å²) in [6.07, 6.45) is 5.03. The molecule has 29 heavy (non-hydrogen) atoms. The van der Waals surface area contributed by atoms with E-state index in [-0.39, 0.29) is 23.7 Å². The number of halogens is 2. The Kier molecular flexibility index (Phi) is 5.86. The molecule has 8 heteroatoms. The zero-order valence-corrected chi connectivity index (χ0v) is 17.4. The van der Waals surface area contributed by atoms with Crippen molar-refractivity contribution in [2.75, 3.05) is 0 Å². The Labute approximate surface area is 178 Å². The minimum Gasteiger partial charge on any atom is -0.312 e. The molecule has 0 atom stereocenters. The maximum atomic E-state index is 12.5. The average Bonchev–Trinajstić information content (AvgIpc) is 3.09. The molecule has 3 aromatic heterocycles. The number of carbonyl (C=O) groups excluding carboxylic acids is 1. The van der Waals surface area contributed by atoms with Gasteiger partial charge in [0.2, 0.25) is 5.78 Å². The number of carbonyl (C=O) groups is 1. The number of rotatable bonds is 4. The number of hydrogen-bond acceptors (Lipinski definition) is 4. The standard InChI is InChI=1S/C21H17ClN4O2.ClH/c1-13-14(2)24-21-25(9-10-26(21)20(13)28)12-15-3-5-16(6-4-15)19(27)17-7-8-18(22)23-11-17;/h3-11H,12H2,1-2H3;1H. The van der Waals surface area contributed by atoms with Gasteiger partial charge in [0.15, 0.2) is 5.78 Å². The molecular weight excluding hydrogens is 411 g/mol. The Morgan fingerprint density at radius 3 is 2.38 bits per heavy atom.